The van der Waals surface area contributed by atoms with Crippen molar-refractivity contribution in [3.05, 3.63) is 88.8 Å². The number of aromatic nitrogens is 6. The molecule has 19 atom stereocenters. The molecule has 3 fully saturated rings. The summed E-state index contributed by atoms with van der Waals surface area (Å²) in [6.07, 6.45) is -5.69. The van der Waals surface area contributed by atoms with Gasteiger partial charge in [-0.1, -0.05) is 40.7 Å². The van der Waals surface area contributed by atoms with E-state index in [9.17, 15) is 63.4 Å². The molecule has 11 rings (SSSR count). The molecule has 1 unspecified atom stereocenters. The standard InChI is InChI=1S/C62H90N13O14P.C10H12N5O3.Co/c1-29-20-39-40(21-30(29)2)75(28-70-39)57-52(84)53(41(27-76)87-57)89-90(85,86)88-31(3)26-69-49(83)18-19-59(8)37(22-46(66)80)56-62(11)61(10,25-48(68)82)36(14-17-45(65)79)51(74-62)33(5)55-60(9,24-47(67)81)34(12-15-43(63)77)38(71-55)23-42-58(6,7)35(13-16-44(64)78)50(72-42)32(4)54(59)73-56;1-4-6(16)7(17)10(18-4)15-3-14-5-8(11)12-2-13-9(5)15;/h20-21,23,28,31,34-37,41,52-53,56-57,76,84H,12-19,22,24-27H2,1-11H3,(H15,63,64,65,66,67,68,69,71,72,73,74,77,78,79,80,81,82,83,85,86);2-4,6-7,10,16-17H,1H2,(H2,11,12,13);/q;-1;/p-2/t31-,34+,35+,36+,37-,41+,52+,53+,56+,57-,59-,60-,61-,62-;4-,6-,7-,10-;/m01./s1. The number of imidazole rings is 2. The van der Waals surface area contributed by atoms with E-state index in [1.807, 2.05) is 80.5 Å². The van der Waals surface area contributed by atoms with Crippen LogP contribution in [-0.4, -0.2) is 175 Å². The number of aryl methyl sites for hydroxylation is 2. The predicted octanol–water partition coefficient (Wildman–Crippen LogP) is 2.17. The number of ether oxygens (including phenoxy) is 2. The molecule has 0 aliphatic carbocycles. The molecule has 4 aromatic rings. The normalized spacial score (nSPS) is 33.6. The van der Waals surface area contributed by atoms with E-state index < -0.39 is 168 Å². The zero-order valence-corrected chi connectivity index (χ0v) is 64.8. The van der Waals surface area contributed by atoms with Gasteiger partial charge < -0.3 is 106 Å². The minimum absolute atomic E-state index is 0. The number of benzene rings is 1. The molecule has 0 spiro atoms. The Labute approximate surface area is 640 Å². The number of aliphatic hydroxyl groups excluding tert-OH is 4. The van der Waals surface area contributed by atoms with Crippen LogP contribution in [0.1, 0.15) is 157 Å². The van der Waals surface area contributed by atoms with E-state index in [1.54, 1.807) is 6.92 Å². The molecule has 1 radical (unpaired) electrons. The fraction of sp³-hybridized carbons (Fsp3) is 0.597. The Kier molecular flexibility index (Phi) is 25.0. The average Bonchev–Trinajstić information content (AvgIpc) is 1.53. The quantitative estimate of drug-likeness (QED) is 0.0301. The van der Waals surface area contributed by atoms with Crippen LogP contribution in [0.5, 0.6) is 0 Å². The predicted molar refractivity (Wildman–Crippen MR) is 393 cm³/mol. The molecular weight excluding hydrogens is 1480 g/mol. The second-order valence-electron chi connectivity index (χ2n) is 31.1. The maximum Gasteiger partial charge on any atom is 0.268 e. The van der Waals surface area contributed by atoms with Gasteiger partial charge in [0.2, 0.25) is 41.4 Å². The Hall–Kier alpha value is -8.26. The molecule has 1 aromatic carbocycles. The van der Waals surface area contributed by atoms with Crippen LogP contribution in [0.15, 0.2) is 80.4 Å². The van der Waals surface area contributed by atoms with Crippen molar-refractivity contribution < 1.29 is 98.7 Å². The Morgan fingerprint density at radius 1 is 0.734 bits per heavy atom. The number of rotatable bonds is 27. The number of anilines is 1. The third kappa shape index (κ3) is 16.3. The molecule has 109 heavy (non-hydrogen) atoms. The number of fused-ring (bicyclic) bond motifs is 8. The summed E-state index contributed by atoms with van der Waals surface area (Å²) in [6, 6.07) is 2.65. The van der Waals surface area contributed by atoms with E-state index in [-0.39, 0.29) is 99.8 Å². The molecule has 37 heteroatoms. The van der Waals surface area contributed by atoms with Crippen molar-refractivity contribution in [3.63, 3.8) is 0 Å². The fourth-order valence-corrected chi connectivity index (χ4v) is 18.5. The Morgan fingerprint density at radius 3 is 1.94 bits per heavy atom. The number of nitrogens with one attached hydrogen (secondary N) is 1. The van der Waals surface area contributed by atoms with Crippen molar-refractivity contribution in [3.8, 4) is 0 Å². The summed E-state index contributed by atoms with van der Waals surface area (Å²) in [7, 11) is -5.32. The number of nitrogen functional groups attached to an aromatic ring is 1. The Morgan fingerprint density at radius 2 is 1.34 bits per heavy atom. The van der Waals surface area contributed by atoms with E-state index in [1.165, 1.54) is 35.0 Å². The van der Waals surface area contributed by atoms with Crippen LogP contribution in [0.4, 0.5) is 5.82 Å². The number of nitrogens with two attached hydrogens (primary N) is 7. The van der Waals surface area contributed by atoms with Crippen LogP contribution >= 0.6 is 7.82 Å². The summed E-state index contributed by atoms with van der Waals surface area (Å²) in [6.45, 7) is 22.6. The van der Waals surface area contributed by atoms with Gasteiger partial charge in [-0.2, -0.15) is 5.70 Å². The summed E-state index contributed by atoms with van der Waals surface area (Å²) in [5.74, 6) is -7.16. The fourth-order valence-electron chi connectivity index (χ4n) is 17.3. The first kappa shape index (κ1) is 84.8. The van der Waals surface area contributed by atoms with Gasteiger partial charge in [0, 0.05) is 125 Å². The molecule has 8 bridgehead atoms. The van der Waals surface area contributed by atoms with Crippen molar-refractivity contribution in [2.24, 2.45) is 94.7 Å². The third-order valence-electron chi connectivity index (χ3n) is 23.5. The molecule has 7 aliphatic rings. The van der Waals surface area contributed by atoms with Gasteiger partial charge >= 0.3 is 0 Å². The number of hydrogen-bond donors (Lipinski definition) is 12. The van der Waals surface area contributed by atoms with Crippen LogP contribution < -0.4 is 50.3 Å². The van der Waals surface area contributed by atoms with Crippen molar-refractivity contribution >= 4 is 94.3 Å². The Balaban J connectivity index is 0.000000623. The number of phosphoric acid groups is 1. The number of allylic oxidation sites excluding steroid dienone is 6. The molecule has 7 aliphatic heterocycles. The molecular formula is C72H100CoN18O17P-3. The van der Waals surface area contributed by atoms with Gasteiger partial charge in [0.05, 0.1) is 53.7 Å². The first-order valence-electron chi connectivity index (χ1n) is 35.9. The number of primary amides is 6. The molecule has 3 saturated heterocycles. The van der Waals surface area contributed by atoms with Gasteiger partial charge in [-0.25, -0.2) is 19.9 Å². The Bertz CT molecular complexity index is 4520. The van der Waals surface area contributed by atoms with Gasteiger partial charge in [-0.15, -0.1) is 0 Å². The zero-order valence-electron chi connectivity index (χ0n) is 62.8. The number of hydrogen-bond acceptors (Lipinski definition) is 25. The van der Waals surface area contributed by atoms with Gasteiger partial charge in [-0.05, 0) is 125 Å². The smallest absolute Gasteiger partial charge is 0.268 e. The second-order valence-corrected chi connectivity index (χ2v) is 32.4. The molecule has 7 amide bonds. The zero-order chi connectivity index (χ0) is 79.6. The van der Waals surface area contributed by atoms with Gasteiger partial charge in [0.15, 0.2) is 23.9 Å². The molecule has 19 N–H and O–H groups in total. The van der Waals surface area contributed by atoms with E-state index in [0.717, 1.165) is 11.1 Å². The molecule has 0 saturated carbocycles. The first-order valence-corrected chi connectivity index (χ1v) is 37.3. The van der Waals surface area contributed by atoms with E-state index in [2.05, 4.69) is 32.2 Å². The van der Waals surface area contributed by atoms with E-state index in [0.29, 0.717) is 67.6 Å². The average molecular weight is 1580 g/mol. The third-order valence-corrected chi connectivity index (χ3v) is 24.6. The van der Waals surface area contributed by atoms with Gasteiger partial charge in [0.25, 0.3) is 7.82 Å². The van der Waals surface area contributed by atoms with Crippen LogP contribution in [-0.2, 0) is 73.4 Å². The number of aliphatic hydroxyl groups is 4. The molecule has 597 valence electrons. The van der Waals surface area contributed by atoms with Crippen molar-refractivity contribution in [1.29, 1.82) is 0 Å². The van der Waals surface area contributed by atoms with Crippen molar-refractivity contribution in [2.45, 2.75) is 214 Å². The van der Waals surface area contributed by atoms with Gasteiger partial charge in [0.1, 0.15) is 36.3 Å². The molecule has 35 nitrogen and oxygen atoms in total. The minimum Gasteiger partial charge on any atom is -0.756 e. The van der Waals surface area contributed by atoms with Crippen LogP contribution in [0.25, 0.3) is 27.5 Å². The summed E-state index contributed by atoms with van der Waals surface area (Å²) in [4.78, 5) is 140. The van der Waals surface area contributed by atoms with Crippen molar-refractivity contribution in [2.75, 3.05) is 18.9 Å². The topological polar surface area (TPSA) is 584 Å². The summed E-state index contributed by atoms with van der Waals surface area (Å²) in [5, 5.41) is 49.6. The minimum atomic E-state index is -5.32. The number of aliphatic imine (C=N–C) groups is 3. The second kappa shape index (κ2) is 32.2. The number of phosphoric ester groups is 1. The monoisotopic (exact) mass is 1580 g/mol. The largest absolute Gasteiger partial charge is 0.756 e. The SMILES string of the molecule is C/C1=C2N=C(/C=C3N=C(/C(C)=C4\[N-][C@H]([C@H](CC(N)=O)[C@]4(C)CCC(=O)NC[C@H](C)OP(=O)([O-])O[C@H]4[C@@H](O)[C@@H](n5cnc6cc(C)c(C)cc65)O[C@@H]4CO)[C@]4(C)N=C1[C@@H](CCC(N)=O)[C@]4(C)CC(N)=O)[C@@H](CCC(N)=O)C\3(C)C)[C@@H](CCC(N)=O)[C@]/2(C)CC(N)=O.[CH2-][C@H]1O[C@@H](n2cnc3c(N)ncnc32)[C@H](O)[C@@H]1O.[Co]. The maximum absolute atomic E-state index is 14.4. The number of carbonyl (C=O) groups is 7. The van der Waals surface area contributed by atoms with E-state index in [4.69, 9.17) is 79.0 Å². The number of nitrogens with zero attached hydrogens (tertiary/aromatic N) is 10. The van der Waals surface area contributed by atoms with Crippen LogP contribution in [0.2, 0.25) is 0 Å². The van der Waals surface area contributed by atoms with Crippen molar-refractivity contribution in [1.82, 2.24) is 34.4 Å². The van der Waals surface area contributed by atoms with E-state index >= 15 is 0 Å². The first-order chi connectivity index (χ1) is 50.4. The number of amides is 7. The van der Waals surface area contributed by atoms with Gasteiger partial charge in [-0.3, -0.25) is 57.7 Å². The number of carbonyl (C=O) groups excluding carboxylic acids is 7. The maximum atomic E-state index is 14.4. The van der Waals surface area contributed by atoms with Crippen LogP contribution in [0, 0.1) is 66.1 Å². The summed E-state index contributed by atoms with van der Waals surface area (Å²) in [5.41, 5.74) is 43.2. The summed E-state index contributed by atoms with van der Waals surface area (Å²) >= 11 is 0. The summed E-state index contributed by atoms with van der Waals surface area (Å²) < 4.78 is 38.8. The molecule has 10 heterocycles. The molecule has 3 aromatic heterocycles. The van der Waals surface area contributed by atoms with Crippen LogP contribution in [0.3, 0.4) is 0 Å².